The number of hydrogen-bond donors (Lipinski definition) is 1. The zero-order valence-electron chi connectivity index (χ0n) is 11.0. The highest BCUT2D eigenvalue weighted by molar-refractivity contribution is 7.10. The van der Waals surface area contributed by atoms with E-state index < -0.39 is 17.7 Å². The van der Waals surface area contributed by atoms with Gasteiger partial charge >= 0.3 is 0 Å². The predicted octanol–water partition coefficient (Wildman–Crippen LogP) is 4.42. The standard InChI is InChI=1S/C15H17F2NS/c1-3-7-18-15(11-8-10(2)19-9-11)14-12(16)5-4-6-13(14)17/h4-6,8-9,15,18H,3,7H2,1-2H3. The van der Waals surface area contributed by atoms with E-state index in [1.54, 1.807) is 11.3 Å². The van der Waals surface area contributed by atoms with Gasteiger partial charge in [-0.15, -0.1) is 11.3 Å². The van der Waals surface area contributed by atoms with Crippen molar-refractivity contribution >= 4 is 11.3 Å². The quantitative estimate of drug-likeness (QED) is 0.855. The summed E-state index contributed by atoms with van der Waals surface area (Å²) in [5.41, 5.74) is 1.02. The van der Waals surface area contributed by atoms with Gasteiger partial charge in [0.1, 0.15) is 11.6 Å². The molecule has 2 rings (SSSR count). The van der Waals surface area contributed by atoms with Gasteiger partial charge in [-0.1, -0.05) is 13.0 Å². The molecule has 0 aliphatic carbocycles. The molecule has 0 amide bonds. The average Bonchev–Trinajstić information content (AvgIpc) is 2.79. The molecule has 0 fully saturated rings. The van der Waals surface area contributed by atoms with Crippen molar-refractivity contribution in [3.8, 4) is 0 Å². The van der Waals surface area contributed by atoms with Crippen LogP contribution in [-0.4, -0.2) is 6.54 Å². The van der Waals surface area contributed by atoms with Crippen LogP contribution < -0.4 is 5.32 Å². The Kier molecular flexibility index (Phi) is 4.66. The molecule has 2 aromatic rings. The number of halogens is 2. The number of nitrogens with one attached hydrogen (secondary N) is 1. The molecule has 0 saturated heterocycles. The van der Waals surface area contributed by atoms with Crippen molar-refractivity contribution in [2.75, 3.05) is 6.54 Å². The highest BCUT2D eigenvalue weighted by Gasteiger charge is 2.21. The van der Waals surface area contributed by atoms with E-state index in [4.69, 9.17) is 0 Å². The van der Waals surface area contributed by atoms with Crippen LogP contribution in [0.3, 0.4) is 0 Å². The summed E-state index contributed by atoms with van der Waals surface area (Å²) in [6, 6.07) is 5.55. The lowest BCUT2D eigenvalue weighted by atomic mass is 9.99. The van der Waals surface area contributed by atoms with E-state index in [2.05, 4.69) is 5.32 Å². The minimum atomic E-state index is -0.502. The number of hydrogen-bond acceptors (Lipinski definition) is 2. The third-order valence-corrected chi connectivity index (χ3v) is 3.85. The van der Waals surface area contributed by atoms with Crippen LogP contribution in [0.25, 0.3) is 0 Å². The molecular weight excluding hydrogens is 264 g/mol. The maximum absolute atomic E-state index is 13.9. The van der Waals surface area contributed by atoms with E-state index in [1.807, 2.05) is 25.3 Å². The van der Waals surface area contributed by atoms with Crippen LogP contribution in [0.5, 0.6) is 0 Å². The molecule has 0 spiro atoms. The minimum absolute atomic E-state index is 0.105. The Bertz CT molecular complexity index is 531. The Balaban J connectivity index is 2.42. The summed E-state index contributed by atoms with van der Waals surface area (Å²) in [7, 11) is 0. The first kappa shape index (κ1) is 14.2. The summed E-state index contributed by atoms with van der Waals surface area (Å²) in [6.45, 7) is 4.73. The Hall–Kier alpha value is -1.26. The van der Waals surface area contributed by atoms with Crippen LogP contribution in [0.1, 0.15) is 35.4 Å². The monoisotopic (exact) mass is 281 g/mol. The van der Waals surface area contributed by atoms with Crippen molar-refractivity contribution in [3.63, 3.8) is 0 Å². The second kappa shape index (κ2) is 6.26. The number of benzene rings is 1. The first-order valence-corrected chi connectivity index (χ1v) is 7.23. The third-order valence-electron chi connectivity index (χ3n) is 2.97. The van der Waals surface area contributed by atoms with Gasteiger partial charge in [-0.3, -0.25) is 0 Å². The molecule has 0 aliphatic heterocycles. The van der Waals surface area contributed by atoms with E-state index in [9.17, 15) is 8.78 Å². The van der Waals surface area contributed by atoms with E-state index in [-0.39, 0.29) is 5.56 Å². The maximum Gasteiger partial charge on any atom is 0.131 e. The van der Waals surface area contributed by atoms with Crippen molar-refractivity contribution in [2.24, 2.45) is 0 Å². The SMILES string of the molecule is CCCNC(c1csc(C)c1)c1c(F)cccc1F. The van der Waals surface area contributed by atoms with Crippen LogP contribution in [0.4, 0.5) is 8.78 Å². The highest BCUT2D eigenvalue weighted by Crippen LogP contribution is 2.29. The van der Waals surface area contributed by atoms with Crippen LogP contribution in [0.15, 0.2) is 29.6 Å². The number of thiophene rings is 1. The molecule has 0 aliphatic rings. The molecule has 102 valence electrons. The van der Waals surface area contributed by atoms with Crippen LogP contribution in [0, 0.1) is 18.6 Å². The molecule has 1 unspecified atom stereocenters. The molecule has 0 bridgehead atoms. The molecular formula is C15H17F2NS. The molecule has 1 N–H and O–H groups in total. The van der Waals surface area contributed by atoms with E-state index >= 15 is 0 Å². The largest absolute Gasteiger partial charge is 0.306 e. The predicted molar refractivity (Wildman–Crippen MR) is 75.6 cm³/mol. The van der Waals surface area contributed by atoms with Gasteiger partial charge in [-0.2, -0.15) is 0 Å². The van der Waals surface area contributed by atoms with E-state index in [0.717, 1.165) is 16.9 Å². The molecule has 1 nitrogen and oxygen atoms in total. The molecule has 0 radical (unpaired) electrons. The number of rotatable bonds is 5. The second-order valence-electron chi connectivity index (χ2n) is 4.51. The zero-order valence-corrected chi connectivity index (χ0v) is 11.9. The van der Waals surface area contributed by atoms with E-state index in [0.29, 0.717) is 6.54 Å². The van der Waals surface area contributed by atoms with Gasteiger partial charge in [0.2, 0.25) is 0 Å². The Labute approximate surface area is 116 Å². The van der Waals surface area contributed by atoms with Crippen molar-refractivity contribution < 1.29 is 8.78 Å². The summed E-state index contributed by atoms with van der Waals surface area (Å²) in [4.78, 5) is 1.13. The summed E-state index contributed by atoms with van der Waals surface area (Å²) in [6.07, 6.45) is 0.912. The Morgan fingerprint density at radius 1 is 1.26 bits per heavy atom. The lowest BCUT2D eigenvalue weighted by Gasteiger charge is -2.19. The third kappa shape index (κ3) is 3.19. The van der Waals surface area contributed by atoms with Gasteiger partial charge in [-0.05, 0) is 49.0 Å². The molecule has 1 heterocycles. The fourth-order valence-corrected chi connectivity index (χ4v) is 2.81. The molecule has 4 heteroatoms. The van der Waals surface area contributed by atoms with Crippen LogP contribution in [-0.2, 0) is 0 Å². The van der Waals surface area contributed by atoms with Gasteiger partial charge in [0.25, 0.3) is 0 Å². The van der Waals surface area contributed by atoms with Crippen LogP contribution >= 0.6 is 11.3 Å². The van der Waals surface area contributed by atoms with Crippen molar-refractivity contribution in [1.82, 2.24) is 5.32 Å². The van der Waals surface area contributed by atoms with Gasteiger partial charge in [0, 0.05) is 10.4 Å². The summed E-state index contributed by atoms with van der Waals surface area (Å²) in [5.74, 6) is -1.00. The van der Waals surface area contributed by atoms with Crippen molar-refractivity contribution in [2.45, 2.75) is 26.3 Å². The van der Waals surface area contributed by atoms with Gasteiger partial charge in [0.05, 0.1) is 6.04 Å². The maximum atomic E-state index is 13.9. The molecule has 1 aromatic carbocycles. The summed E-state index contributed by atoms with van der Waals surface area (Å²) < 4.78 is 27.9. The molecule has 19 heavy (non-hydrogen) atoms. The highest BCUT2D eigenvalue weighted by atomic mass is 32.1. The lowest BCUT2D eigenvalue weighted by Crippen LogP contribution is -2.24. The zero-order chi connectivity index (χ0) is 13.8. The fourth-order valence-electron chi connectivity index (χ4n) is 2.08. The van der Waals surface area contributed by atoms with Gasteiger partial charge in [0.15, 0.2) is 0 Å². The van der Waals surface area contributed by atoms with Gasteiger partial charge in [-0.25, -0.2) is 8.78 Å². The summed E-state index contributed by atoms with van der Waals surface area (Å²) in [5, 5.41) is 5.18. The molecule has 1 atom stereocenters. The normalized spacial score (nSPS) is 12.6. The van der Waals surface area contributed by atoms with Gasteiger partial charge < -0.3 is 5.32 Å². The number of aryl methyl sites for hydroxylation is 1. The molecule has 1 aromatic heterocycles. The smallest absolute Gasteiger partial charge is 0.131 e. The fraction of sp³-hybridized carbons (Fsp3) is 0.333. The Morgan fingerprint density at radius 2 is 1.95 bits per heavy atom. The topological polar surface area (TPSA) is 12.0 Å². The average molecular weight is 281 g/mol. The first-order chi connectivity index (χ1) is 9.13. The van der Waals surface area contributed by atoms with E-state index in [1.165, 1.54) is 18.2 Å². The lowest BCUT2D eigenvalue weighted by molar-refractivity contribution is 0.503. The minimum Gasteiger partial charge on any atom is -0.306 e. The Morgan fingerprint density at radius 3 is 2.47 bits per heavy atom. The first-order valence-electron chi connectivity index (χ1n) is 6.35. The van der Waals surface area contributed by atoms with Crippen LogP contribution in [0.2, 0.25) is 0 Å². The summed E-state index contributed by atoms with van der Waals surface area (Å²) >= 11 is 1.59. The molecule has 0 saturated carbocycles. The van der Waals surface area contributed by atoms with Crippen molar-refractivity contribution in [1.29, 1.82) is 0 Å². The van der Waals surface area contributed by atoms with Crippen molar-refractivity contribution in [3.05, 3.63) is 57.3 Å². The second-order valence-corrected chi connectivity index (χ2v) is 5.63.